The predicted octanol–water partition coefficient (Wildman–Crippen LogP) is 2.69. The zero-order valence-electron chi connectivity index (χ0n) is 25.1. The largest absolute Gasteiger partial charge is 0.463 e. The Kier molecular flexibility index (Phi) is 9.14. The maximum Gasteiger partial charge on any atom is 0.306 e. The van der Waals surface area contributed by atoms with Crippen molar-refractivity contribution in [2.75, 3.05) is 26.3 Å². The van der Waals surface area contributed by atoms with Gasteiger partial charge in [-0.2, -0.15) is 0 Å². The molecule has 10 nitrogen and oxygen atoms in total. The summed E-state index contributed by atoms with van der Waals surface area (Å²) in [6.07, 6.45) is 8.17. The van der Waals surface area contributed by atoms with Gasteiger partial charge in [0.2, 0.25) is 17.7 Å². The number of ether oxygens (including phenoxy) is 2. The summed E-state index contributed by atoms with van der Waals surface area (Å²) in [5, 5.41) is 12.5. The van der Waals surface area contributed by atoms with Gasteiger partial charge in [0.15, 0.2) is 0 Å². The number of unbranched alkanes of at least 4 members (excludes halogenated alkanes) is 1. The van der Waals surface area contributed by atoms with E-state index in [-0.39, 0.29) is 44.5 Å². The van der Waals surface area contributed by atoms with Crippen LogP contribution in [0.5, 0.6) is 0 Å². The van der Waals surface area contributed by atoms with Gasteiger partial charge in [0.05, 0.1) is 24.0 Å². The van der Waals surface area contributed by atoms with Crippen molar-refractivity contribution in [1.29, 1.82) is 0 Å². The normalized spacial score (nSPS) is 30.7. The molecule has 0 radical (unpaired) electrons. The number of likely N-dealkylation sites (tertiary alicyclic amines) is 1. The lowest BCUT2D eigenvalue weighted by Crippen LogP contribution is -2.55. The Morgan fingerprint density at radius 3 is 2.44 bits per heavy atom. The van der Waals surface area contributed by atoms with Gasteiger partial charge < -0.3 is 29.7 Å². The van der Waals surface area contributed by atoms with Crippen LogP contribution in [0, 0.1) is 11.8 Å². The van der Waals surface area contributed by atoms with Crippen LogP contribution in [0.2, 0.25) is 0 Å². The van der Waals surface area contributed by atoms with Crippen LogP contribution in [0.25, 0.3) is 0 Å². The molecule has 5 bridgehead atoms. The molecule has 4 aliphatic rings. The number of benzene rings is 2. The number of aliphatic hydroxyl groups is 1. The summed E-state index contributed by atoms with van der Waals surface area (Å²) in [6.45, 7) is 0.718. The van der Waals surface area contributed by atoms with Crippen molar-refractivity contribution in [1.82, 2.24) is 15.1 Å². The van der Waals surface area contributed by atoms with Gasteiger partial charge in [0.1, 0.15) is 18.2 Å². The molecule has 2 aromatic carbocycles. The molecule has 2 fully saturated rings. The monoisotopic (exact) mass is 613 g/mol. The summed E-state index contributed by atoms with van der Waals surface area (Å²) in [4.78, 5) is 58.9. The van der Waals surface area contributed by atoms with Crippen molar-refractivity contribution >= 4 is 23.7 Å². The standard InChI is InChI=1S/C35H39N3O7/c39-21-11-10-20-38-31-34(43)37(22-24-12-4-1-5-13-24)19-9-3-8-16-28(40)44-23-26(25-14-6-2-7-15-25)36-32(41)29-27-17-18-35(31,45-27)30(29)33(38)42/h1-7,9,12-15,17-18,26-27,29-31,39H,8,10-11,16,19-23H2,(H,36,41)/b9-3-/t26-,27-,29+,30+,31-,35+/m1/s1. The van der Waals surface area contributed by atoms with E-state index in [2.05, 4.69) is 5.32 Å². The Hall–Kier alpha value is -4.28. The van der Waals surface area contributed by atoms with E-state index in [1.807, 2.05) is 72.8 Å². The number of esters is 1. The molecule has 10 heteroatoms. The predicted molar refractivity (Wildman–Crippen MR) is 164 cm³/mol. The van der Waals surface area contributed by atoms with Gasteiger partial charge in [-0.15, -0.1) is 0 Å². The fourth-order valence-electron chi connectivity index (χ4n) is 7.03. The number of hydrogen-bond acceptors (Lipinski definition) is 7. The topological polar surface area (TPSA) is 125 Å². The molecular formula is C35H39N3O7. The zero-order chi connectivity index (χ0) is 31.4. The molecule has 1 spiro atoms. The first-order valence-corrected chi connectivity index (χ1v) is 15.7. The molecule has 0 aromatic heterocycles. The highest BCUT2D eigenvalue weighted by Gasteiger charge is 2.73. The van der Waals surface area contributed by atoms with E-state index in [0.29, 0.717) is 25.8 Å². The lowest BCUT2D eigenvalue weighted by Gasteiger charge is -2.36. The molecule has 45 heavy (non-hydrogen) atoms. The first-order valence-electron chi connectivity index (χ1n) is 15.7. The fourth-order valence-corrected chi connectivity index (χ4v) is 7.03. The van der Waals surface area contributed by atoms with E-state index in [4.69, 9.17) is 9.47 Å². The second kappa shape index (κ2) is 13.4. The Morgan fingerprint density at radius 1 is 0.933 bits per heavy atom. The molecule has 236 valence electrons. The molecule has 0 unspecified atom stereocenters. The minimum atomic E-state index is -1.30. The lowest BCUT2D eigenvalue weighted by molar-refractivity contribution is -0.148. The van der Waals surface area contributed by atoms with Gasteiger partial charge in [-0.05, 0) is 30.4 Å². The van der Waals surface area contributed by atoms with Crippen molar-refractivity contribution < 1.29 is 33.8 Å². The van der Waals surface area contributed by atoms with E-state index in [0.717, 1.165) is 11.1 Å². The third-order valence-corrected chi connectivity index (χ3v) is 9.18. The molecule has 4 aliphatic heterocycles. The third-order valence-electron chi connectivity index (χ3n) is 9.18. The molecule has 4 heterocycles. The van der Waals surface area contributed by atoms with Crippen molar-refractivity contribution in [3.8, 4) is 0 Å². The van der Waals surface area contributed by atoms with Crippen LogP contribution >= 0.6 is 0 Å². The van der Waals surface area contributed by atoms with Crippen molar-refractivity contribution in [2.24, 2.45) is 11.8 Å². The summed E-state index contributed by atoms with van der Waals surface area (Å²) in [6, 6.07) is 17.2. The van der Waals surface area contributed by atoms with Crippen LogP contribution in [0.3, 0.4) is 0 Å². The van der Waals surface area contributed by atoms with Gasteiger partial charge >= 0.3 is 5.97 Å². The van der Waals surface area contributed by atoms with E-state index in [1.54, 1.807) is 22.0 Å². The van der Waals surface area contributed by atoms with Gasteiger partial charge in [-0.25, -0.2) is 0 Å². The Bertz CT molecular complexity index is 1460. The molecule has 2 saturated heterocycles. The van der Waals surface area contributed by atoms with Gasteiger partial charge in [0.25, 0.3) is 0 Å². The van der Waals surface area contributed by atoms with Crippen LogP contribution in [0.4, 0.5) is 0 Å². The van der Waals surface area contributed by atoms with Gasteiger partial charge in [0, 0.05) is 32.7 Å². The van der Waals surface area contributed by atoms with Gasteiger partial charge in [-0.3, -0.25) is 19.2 Å². The Labute approximate surface area is 262 Å². The highest BCUT2D eigenvalue weighted by molar-refractivity contribution is 6.00. The number of allylic oxidation sites excluding steroid dienone is 1. The fraction of sp³-hybridized carbons (Fsp3) is 0.429. The number of carbonyl (C=O) groups excluding carboxylic acids is 4. The summed E-state index contributed by atoms with van der Waals surface area (Å²) in [5.41, 5.74) is 0.385. The molecule has 6 atom stereocenters. The summed E-state index contributed by atoms with van der Waals surface area (Å²) >= 11 is 0. The van der Waals surface area contributed by atoms with Crippen molar-refractivity contribution in [3.63, 3.8) is 0 Å². The smallest absolute Gasteiger partial charge is 0.306 e. The van der Waals surface area contributed by atoms with E-state index in [9.17, 15) is 24.3 Å². The molecule has 0 aliphatic carbocycles. The average molecular weight is 614 g/mol. The van der Waals surface area contributed by atoms with Crippen LogP contribution in [-0.4, -0.2) is 82.6 Å². The number of nitrogens with one attached hydrogen (secondary N) is 1. The Morgan fingerprint density at radius 2 is 1.69 bits per heavy atom. The molecule has 3 amide bonds. The van der Waals surface area contributed by atoms with Crippen LogP contribution in [0.15, 0.2) is 85.0 Å². The minimum Gasteiger partial charge on any atom is -0.463 e. The average Bonchev–Trinajstić information content (AvgIpc) is 3.70. The SMILES string of the molecule is O=C1CC/C=C\CN(Cc2ccccc2)C(=O)[C@H]2N(CCCCO)C(=O)[C@@H]3[C@@H](C(=O)N[C@@H](c4ccccc4)CO1)[C@H]1C=C[C@]32O1. The third kappa shape index (κ3) is 6.04. The number of nitrogens with zero attached hydrogens (tertiary/aromatic N) is 2. The quantitative estimate of drug-likeness (QED) is 0.280. The Balaban J connectivity index is 1.39. The number of rotatable bonds is 7. The number of amides is 3. The molecule has 0 saturated carbocycles. The van der Waals surface area contributed by atoms with E-state index in [1.165, 1.54) is 0 Å². The number of hydrogen-bond donors (Lipinski definition) is 2. The molecule has 6 rings (SSSR count). The van der Waals surface area contributed by atoms with Crippen molar-refractivity contribution in [3.05, 3.63) is 96.1 Å². The van der Waals surface area contributed by atoms with Crippen LogP contribution in [-0.2, 0) is 35.2 Å². The highest BCUT2D eigenvalue weighted by atomic mass is 16.5. The van der Waals surface area contributed by atoms with Crippen LogP contribution in [0.1, 0.15) is 42.9 Å². The summed E-state index contributed by atoms with van der Waals surface area (Å²) < 4.78 is 12.1. The minimum absolute atomic E-state index is 0.0326. The molecule has 2 aromatic rings. The summed E-state index contributed by atoms with van der Waals surface area (Å²) in [7, 11) is 0. The number of fused-ring (bicyclic) bond motifs is 2. The maximum atomic E-state index is 14.6. The van der Waals surface area contributed by atoms with Gasteiger partial charge in [-0.1, -0.05) is 85.0 Å². The number of aliphatic hydroxyl groups excluding tert-OH is 1. The second-order valence-corrected chi connectivity index (χ2v) is 12.0. The first kappa shape index (κ1) is 30.7. The number of cyclic esters (lactones) is 1. The highest BCUT2D eigenvalue weighted by Crippen LogP contribution is 2.55. The van der Waals surface area contributed by atoms with E-state index < -0.39 is 47.5 Å². The molecule has 2 N–H and O–H groups in total. The van der Waals surface area contributed by atoms with Crippen molar-refractivity contribution in [2.45, 2.75) is 56.0 Å². The molecular weight excluding hydrogens is 574 g/mol. The maximum absolute atomic E-state index is 14.6. The lowest BCUT2D eigenvalue weighted by atomic mass is 9.74. The number of carbonyl (C=O) groups is 4. The van der Waals surface area contributed by atoms with E-state index >= 15 is 0 Å². The second-order valence-electron chi connectivity index (χ2n) is 12.0. The first-order chi connectivity index (χ1) is 21.9. The van der Waals surface area contributed by atoms with Crippen LogP contribution < -0.4 is 5.32 Å². The zero-order valence-corrected chi connectivity index (χ0v) is 25.1. The summed E-state index contributed by atoms with van der Waals surface area (Å²) in [5.74, 6) is -3.16.